The molecule has 0 saturated heterocycles. The van der Waals surface area contributed by atoms with Crippen LogP contribution >= 0.6 is 27.5 Å². The third-order valence-corrected chi connectivity index (χ3v) is 6.77. The maximum absolute atomic E-state index is 6.25. The van der Waals surface area contributed by atoms with Crippen LogP contribution in [0.5, 0.6) is 0 Å². The summed E-state index contributed by atoms with van der Waals surface area (Å²) in [5.74, 6) is 0. The Labute approximate surface area is 135 Å². The van der Waals surface area contributed by atoms with Gasteiger partial charge in [0.15, 0.2) is 0 Å². The Balaban J connectivity index is 1.64. The van der Waals surface area contributed by atoms with E-state index >= 15 is 0 Å². The topological polar surface area (TPSA) is 9.23 Å². The lowest BCUT2D eigenvalue weighted by Gasteiger charge is -2.53. The number of hydrogen-bond donors (Lipinski definition) is 0. The molecule has 1 spiro atoms. The second kappa shape index (κ2) is 6.37. The van der Waals surface area contributed by atoms with E-state index in [0.717, 1.165) is 17.0 Å². The highest BCUT2D eigenvalue weighted by Gasteiger charge is 2.53. The molecule has 3 heteroatoms. The van der Waals surface area contributed by atoms with E-state index in [4.69, 9.17) is 16.3 Å². The molecule has 2 fully saturated rings. The molecule has 0 aromatic heterocycles. The maximum Gasteiger partial charge on any atom is 0.0735 e. The average molecular weight is 358 g/mol. The minimum atomic E-state index is 0.387. The van der Waals surface area contributed by atoms with Crippen LogP contribution in [0.4, 0.5) is 0 Å². The number of hydrogen-bond acceptors (Lipinski definition) is 1. The van der Waals surface area contributed by atoms with Gasteiger partial charge in [-0.05, 0) is 30.9 Å². The van der Waals surface area contributed by atoms with E-state index in [1.807, 2.05) is 18.2 Å². The molecular formula is C17H22BrClO. The normalized spacial score (nSPS) is 28.9. The Bertz CT molecular complexity index is 454. The van der Waals surface area contributed by atoms with Gasteiger partial charge in [0.05, 0.1) is 12.7 Å². The van der Waals surface area contributed by atoms with Gasteiger partial charge in [0.2, 0.25) is 0 Å². The summed E-state index contributed by atoms with van der Waals surface area (Å²) in [4.78, 5) is 0.643. The summed E-state index contributed by atoms with van der Waals surface area (Å²) in [6, 6.07) is 8.00. The van der Waals surface area contributed by atoms with Crippen LogP contribution in [0.2, 0.25) is 5.02 Å². The molecule has 1 nitrogen and oxygen atoms in total. The molecular weight excluding hydrogens is 336 g/mol. The summed E-state index contributed by atoms with van der Waals surface area (Å²) in [6.07, 6.45) is 9.66. The molecule has 0 bridgehead atoms. The van der Waals surface area contributed by atoms with Crippen molar-refractivity contribution in [1.82, 2.24) is 0 Å². The Kier molecular flexibility index (Phi) is 4.74. The quantitative estimate of drug-likeness (QED) is 0.627. The fourth-order valence-corrected chi connectivity index (χ4v) is 5.04. The first-order chi connectivity index (χ1) is 9.72. The summed E-state index contributed by atoms with van der Waals surface area (Å²) >= 11 is 10.1. The van der Waals surface area contributed by atoms with Gasteiger partial charge in [-0.1, -0.05) is 71.4 Å². The van der Waals surface area contributed by atoms with Crippen LogP contribution in [-0.2, 0) is 11.3 Å². The number of halogens is 2. The van der Waals surface area contributed by atoms with E-state index in [-0.39, 0.29) is 0 Å². The maximum atomic E-state index is 6.25. The second-order valence-corrected chi connectivity index (χ2v) is 7.75. The van der Waals surface area contributed by atoms with Crippen LogP contribution in [0, 0.1) is 5.41 Å². The van der Waals surface area contributed by atoms with Crippen LogP contribution in [0.1, 0.15) is 50.5 Å². The van der Waals surface area contributed by atoms with Gasteiger partial charge >= 0.3 is 0 Å². The average Bonchev–Trinajstić information content (AvgIpc) is 2.73. The lowest BCUT2D eigenvalue weighted by molar-refractivity contribution is -0.118. The van der Waals surface area contributed by atoms with E-state index in [1.165, 1.54) is 38.5 Å². The van der Waals surface area contributed by atoms with Crippen LogP contribution < -0.4 is 0 Å². The molecule has 1 aromatic rings. The van der Waals surface area contributed by atoms with Gasteiger partial charge in [-0.25, -0.2) is 0 Å². The van der Waals surface area contributed by atoms with Crippen molar-refractivity contribution < 1.29 is 4.74 Å². The highest BCUT2D eigenvalue weighted by molar-refractivity contribution is 9.09. The van der Waals surface area contributed by atoms with Crippen molar-refractivity contribution in [3.8, 4) is 0 Å². The zero-order chi connectivity index (χ0) is 14.0. The predicted molar refractivity (Wildman–Crippen MR) is 87.5 cm³/mol. The van der Waals surface area contributed by atoms with E-state index in [1.54, 1.807) is 0 Å². The molecule has 2 unspecified atom stereocenters. The summed E-state index contributed by atoms with van der Waals surface area (Å²) in [5.41, 5.74) is 1.49. The Morgan fingerprint density at radius 1 is 1.15 bits per heavy atom. The second-order valence-electron chi connectivity index (χ2n) is 6.24. The lowest BCUT2D eigenvalue weighted by Crippen LogP contribution is -2.55. The van der Waals surface area contributed by atoms with Crippen LogP contribution in [0.3, 0.4) is 0 Å². The molecule has 3 rings (SSSR count). The molecule has 0 aliphatic heterocycles. The number of ether oxygens (including phenoxy) is 1. The summed E-state index contributed by atoms with van der Waals surface area (Å²) < 4.78 is 6.25. The zero-order valence-corrected chi connectivity index (χ0v) is 14.1. The molecule has 1 aromatic carbocycles. The van der Waals surface area contributed by atoms with Crippen molar-refractivity contribution in [2.45, 2.75) is 62.5 Å². The van der Waals surface area contributed by atoms with E-state index in [0.29, 0.717) is 23.0 Å². The van der Waals surface area contributed by atoms with Crippen molar-refractivity contribution >= 4 is 27.5 Å². The SMILES string of the molecule is Clc1ccccc1COC1CC(Br)C12CCCCCC2. The minimum absolute atomic E-state index is 0.387. The van der Waals surface area contributed by atoms with Crippen molar-refractivity contribution in [2.75, 3.05) is 0 Å². The molecule has 0 heterocycles. The first-order valence-corrected chi connectivity index (χ1v) is 9.01. The molecule has 2 aliphatic carbocycles. The molecule has 0 N–H and O–H groups in total. The lowest BCUT2D eigenvalue weighted by atomic mass is 9.61. The van der Waals surface area contributed by atoms with Crippen molar-refractivity contribution in [1.29, 1.82) is 0 Å². The third-order valence-electron chi connectivity index (χ3n) is 5.12. The van der Waals surface area contributed by atoms with Gasteiger partial charge in [-0.2, -0.15) is 0 Å². The Hall–Kier alpha value is -0.0500. The number of alkyl halides is 1. The number of benzene rings is 1. The Morgan fingerprint density at radius 2 is 1.85 bits per heavy atom. The number of rotatable bonds is 3. The largest absolute Gasteiger partial charge is 0.373 e. The zero-order valence-electron chi connectivity index (χ0n) is 11.8. The molecule has 20 heavy (non-hydrogen) atoms. The van der Waals surface area contributed by atoms with Gasteiger partial charge in [0.25, 0.3) is 0 Å². The molecule has 110 valence electrons. The van der Waals surface area contributed by atoms with E-state index < -0.39 is 0 Å². The highest BCUT2D eigenvalue weighted by atomic mass is 79.9. The first-order valence-electron chi connectivity index (χ1n) is 7.71. The highest BCUT2D eigenvalue weighted by Crippen LogP contribution is 2.55. The van der Waals surface area contributed by atoms with Gasteiger partial charge in [-0.15, -0.1) is 0 Å². The van der Waals surface area contributed by atoms with Crippen molar-refractivity contribution in [2.24, 2.45) is 5.41 Å². The van der Waals surface area contributed by atoms with Crippen LogP contribution in [0.15, 0.2) is 24.3 Å². The monoisotopic (exact) mass is 356 g/mol. The van der Waals surface area contributed by atoms with Gasteiger partial charge in [-0.3, -0.25) is 0 Å². The predicted octanol–water partition coefficient (Wildman–Crippen LogP) is 5.73. The van der Waals surface area contributed by atoms with Gasteiger partial charge < -0.3 is 4.74 Å². The first kappa shape index (κ1) is 14.9. The van der Waals surface area contributed by atoms with Gasteiger partial charge in [0.1, 0.15) is 0 Å². The smallest absolute Gasteiger partial charge is 0.0735 e. The molecule has 0 radical (unpaired) electrons. The summed E-state index contributed by atoms with van der Waals surface area (Å²) in [7, 11) is 0. The molecule has 2 atom stereocenters. The van der Waals surface area contributed by atoms with E-state index in [9.17, 15) is 0 Å². The third kappa shape index (κ3) is 2.80. The fourth-order valence-electron chi connectivity index (χ4n) is 3.76. The molecule has 2 aliphatic rings. The summed E-state index contributed by atoms with van der Waals surface area (Å²) in [6.45, 7) is 0.645. The molecule has 2 saturated carbocycles. The standard InChI is InChI=1S/C17H22BrClO/c18-15-11-16(17(15)9-5-1-2-6-10-17)20-12-13-7-3-4-8-14(13)19/h3-4,7-8,15-16H,1-2,5-6,9-12H2. The van der Waals surface area contributed by atoms with Gasteiger partial charge in [0, 0.05) is 15.3 Å². The summed E-state index contributed by atoms with van der Waals surface area (Å²) in [5, 5.41) is 0.817. The van der Waals surface area contributed by atoms with E-state index in [2.05, 4.69) is 22.0 Å². The minimum Gasteiger partial charge on any atom is -0.373 e. The fraction of sp³-hybridized carbons (Fsp3) is 0.647. The Morgan fingerprint density at radius 3 is 2.50 bits per heavy atom. The van der Waals surface area contributed by atoms with Crippen molar-refractivity contribution in [3.63, 3.8) is 0 Å². The van der Waals surface area contributed by atoms with Crippen LogP contribution in [-0.4, -0.2) is 10.9 Å². The van der Waals surface area contributed by atoms with Crippen molar-refractivity contribution in [3.05, 3.63) is 34.9 Å². The molecule has 0 amide bonds. The van der Waals surface area contributed by atoms with Crippen LogP contribution in [0.25, 0.3) is 0 Å².